The molecular weight excluding hydrogens is 204 g/mol. The van der Waals surface area contributed by atoms with Gasteiger partial charge in [0.1, 0.15) is 0 Å². The van der Waals surface area contributed by atoms with Crippen LogP contribution in [0.1, 0.15) is 25.3 Å². The third kappa shape index (κ3) is 4.30. The highest BCUT2D eigenvalue weighted by Crippen LogP contribution is 2.11. The molecule has 0 aromatic heterocycles. The Labute approximate surface area is 97.1 Å². The Bertz CT molecular complexity index is 306. The van der Waals surface area contributed by atoms with Gasteiger partial charge in [0, 0.05) is 12.7 Å². The Morgan fingerprint density at radius 1 is 1.27 bits per heavy atom. The van der Waals surface area contributed by atoms with E-state index in [4.69, 9.17) is 12.2 Å². The minimum atomic E-state index is 0.649. The Kier molecular flexibility index (Phi) is 5.12. The largest absolute Gasteiger partial charge is 0.366 e. The van der Waals surface area contributed by atoms with Crippen LogP contribution in [0.25, 0.3) is 0 Å². The summed E-state index contributed by atoms with van der Waals surface area (Å²) < 4.78 is 0. The molecule has 0 aliphatic rings. The van der Waals surface area contributed by atoms with E-state index >= 15 is 0 Å². The molecule has 3 heteroatoms. The number of hydrogen-bond acceptors (Lipinski definition) is 1. The molecule has 0 saturated heterocycles. The van der Waals surface area contributed by atoms with E-state index in [1.807, 2.05) is 7.05 Å². The lowest BCUT2D eigenvalue weighted by Crippen LogP contribution is -2.23. The molecule has 15 heavy (non-hydrogen) atoms. The van der Waals surface area contributed by atoms with Gasteiger partial charge in [-0.1, -0.05) is 25.5 Å². The maximum Gasteiger partial charge on any atom is 0.170 e. The summed E-state index contributed by atoms with van der Waals surface area (Å²) in [5, 5.41) is 6.63. The number of anilines is 1. The Balaban J connectivity index is 2.52. The summed E-state index contributed by atoms with van der Waals surface area (Å²) in [7, 11) is 1.81. The maximum atomic E-state index is 5.02. The third-order valence-corrected chi connectivity index (χ3v) is 2.56. The van der Waals surface area contributed by atoms with Crippen LogP contribution in [0.5, 0.6) is 0 Å². The summed E-state index contributed by atoms with van der Waals surface area (Å²) >= 11 is 5.02. The van der Waals surface area contributed by atoms with Crippen LogP contribution in [0.15, 0.2) is 24.3 Å². The van der Waals surface area contributed by atoms with Crippen molar-refractivity contribution < 1.29 is 0 Å². The molecule has 0 bridgehead atoms. The molecule has 0 spiro atoms. The normalized spacial score (nSPS) is 9.73. The molecule has 1 aromatic rings. The van der Waals surface area contributed by atoms with Gasteiger partial charge in [-0.25, -0.2) is 0 Å². The first-order chi connectivity index (χ1) is 7.26. The van der Waals surface area contributed by atoms with Gasteiger partial charge in [-0.2, -0.15) is 0 Å². The fourth-order valence-electron chi connectivity index (χ4n) is 1.33. The van der Waals surface area contributed by atoms with Crippen LogP contribution in [-0.4, -0.2) is 12.2 Å². The first-order valence-corrected chi connectivity index (χ1v) is 5.74. The van der Waals surface area contributed by atoms with Crippen molar-refractivity contribution >= 4 is 23.0 Å². The van der Waals surface area contributed by atoms with Gasteiger partial charge in [0.15, 0.2) is 5.11 Å². The number of aryl methyl sites for hydroxylation is 1. The van der Waals surface area contributed by atoms with E-state index < -0.39 is 0 Å². The molecule has 1 aromatic carbocycles. The minimum Gasteiger partial charge on any atom is -0.366 e. The third-order valence-electron chi connectivity index (χ3n) is 2.26. The van der Waals surface area contributed by atoms with Crippen molar-refractivity contribution in [1.29, 1.82) is 0 Å². The molecule has 82 valence electrons. The number of nitrogens with one attached hydrogen (secondary N) is 2. The van der Waals surface area contributed by atoms with Crippen molar-refractivity contribution in [3.05, 3.63) is 29.8 Å². The average molecular weight is 222 g/mol. The predicted octanol–water partition coefficient (Wildman–Crippen LogP) is 2.95. The quantitative estimate of drug-likeness (QED) is 0.766. The van der Waals surface area contributed by atoms with E-state index in [2.05, 4.69) is 41.8 Å². The van der Waals surface area contributed by atoms with E-state index in [-0.39, 0.29) is 0 Å². The van der Waals surface area contributed by atoms with Crippen molar-refractivity contribution in [2.45, 2.75) is 26.2 Å². The molecule has 2 N–H and O–H groups in total. The molecule has 0 amide bonds. The van der Waals surface area contributed by atoms with Crippen molar-refractivity contribution in [1.82, 2.24) is 5.32 Å². The number of unbranched alkanes of at least 4 members (excludes halogenated alkanes) is 1. The van der Waals surface area contributed by atoms with E-state index in [0.717, 1.165) is 12.1 Å². The second-order valence-corrected chi connectivity index (χ2v) is 3.91. The molecule has 2 nitrogen and oxygen atoms in total. The zero-order valence-corrected chi connectivity index (χ0v) is 10.2. The lowest BCUT2D eigenvalue weighted by atomic mass is 10.1. The summed E-state index contributed by atoms with van der Waals surface area (Å²) in [4.78, 5) is 0. The molecule has 0 aliphatic heterocycles. The lowest BCUT2D eigenvalue weighted by molar-refractivity contribution is 0.795. The number of benzene rings is 1. The fourth-order valence-corrected chi connectivity index (χ4v) is 1.45. The first kappa shape index (κ1) is 12.0. The van der Waals surface area contributed by atoms with Gasteiger partial charge in [0.25, 0.3) is 0 Å². The molecule has 1 rings (SSSR count). The van der Waals surface area contributed by atoms with Crippen molar-refractivity contribution in [3.63, 3.8) is 0 Å². The van der Waals surface area contributed by atoms with Gasteiger partial charge in [0.05, 0.1) is 0 Å². The fraction of sp³-hybridized carbons (Fsp3) is 0.417. The van der Waals surface area contributed by atoms with E-state index in [9.17, 15) is 0 Å². The van der Waals surface area contributed by atoms with E-state index in [0.29, 0.717) is 5.11 Å². The first-order valence-electron chi connectivity index (χ1n) is 5.34. The smallest absolute Gasteiger partial charge is 0.170 e. The zero-order chi connectivity index (χ0) is 11.1. The second kappa shape index (κ2) is 6.40. The van der Waals surface area contributed by atoms with Crippen LogP contribution in [0, 0.1) is 0 Å². The Hall–Kier alpha value is -1.09. The van der Waals surface area contributed by atoms with Gasteiger partial charge in [-0.15, -0.1) is 0 Å². The van der Waals surface area contributed by atoms with E-state index in [1.54, 1.807) is 0 Å². The molecule has 0 heterocycles. The van der Waals surface area contributed by atoms with Crippen LogP contribution in [0.4, 0.5) is 5.69 Å². The highest BCUT2D eigenvalue weighted by Gasteiger charge is 1.95. The van der Waals surface area contributed by atoms with Crippen molar-refractivity contribution in [3.8, 4) is 0 Å². The summed E-state index contributed by atoms with van der Waals surface area (Å²) in [6.45, 7) is 2.21. The van der Waals surface area contributed by atoms with E-state index in [1.165, 1.54) is 18.4 Å². The topological polar surface area (TPSA) is 24.1 Å². The standard InChI is InChI=1S/C12H18N2S/c1-3-4-5-10-6-8-11(9-7-10)14-12(15)13-2/h6-9H,3-5H2,1-2H3,(H2,13,14,15). The molecule has 0 saturated carbocycles. The van der Waals surface area contributed by atoms with Gasteiger partial charge in [-0.05, 0) is 42.8 Å². The molecule has 0 aliphatic carbocycles. The highest BCUT2D eigenvalue weighted by molar-refractivity contribution is 7.80. The maximum absolute atomic E-state index is 5.02. The highest BCUT2D eigenvalue weighted by atomic mass is 32.1. The van der Waals surface area contributed by atoms with Crippen LogP contribution >= 0.6 is 12.2 Å². The van der Waals surface area contributed by atoms with Crippen LogP contribution in [-0.2, 0) is 6.42 Å². The van der Waals surface area contributed by atoms with Gasteiger partial charge in [0.2, 0.25) is 0 Å². The van der Waals surface area contributed by atoms with Gasteiger partial charge >= 0.3 is 0 Å². The summed E-state index contributed by atoms with van der Waals surface area (Å²) in [5.74, 6) is 0. The van der Waals surface area contributed by atoms with Gasteiger partial charge < -0.3 is 10.6 Å². The van der Waals surface area contributed by atoms with Crippen molar-refractivity contribution in [2.75, 3.05) is 12.4 Å². The lowest BCUT2D eigenvalue weighted by Gasteiger charge is -2.07. The summed E-state index contributed by atoms with van der Waals surface area (Å²) in [5.41, 5.74) is 2.42. The van der Waals surface area contributed by atoms with Crippen LogP contribution in [0.3, 0.4) is 0 Å². The average Bonchev–Trinajstić information content (AvgIpc) is 2.28. The molecule has 0 radical (unpaired) electrons. The number of rotatable bonds is 4. The molecular formula is C12H18N2S. The Morgan fingerprint density at radius 3 is 2.47 bits per heavy atom. The number of hydrogen-bond donors (Lipinski definition) is 2. The minimum absolute atomic E-state index is 0.649. The zero-order valence-electron chi connectivity index (χ0n) is 9.34. The monoisotopic (exact) mass is 222 g/mol. The summed E-state index contributed by atoms with van der Waals surface area (Å²) in [6.07, 6.45) is 3.65. The Morgan fingerprint density at radius 2 is 1.93 bits per heavy atom. The summed E-state index contributed by atoms with van der Waals surface area (Å²) in [6, 6.07) is 8.43. The number of thiocarbonyl (C=S) groups is 1. The predicted molar refractivity (Wildman–Crippen MR) is 70.3 cm³/mol. The second-order valence-electron chi connectivity index (χ2n) is 3.50. The van der Waals surface area contributed by atoms with Crippen molar-refractivity contribution in [2.24, 2.45) is 0 Å². The molecule has 0 unspecified atom stereocenters. The van der Waals surface area contributed by atoms with Crippen LogP contribution < -0.4 is 10.6 Å². The molecule has 0 fully saturated rings. The van der Waals surface area contributed by atoms with Gasteiger partial charge in [-0.3, -0.25) is 0 Å². The SMILES string of the molecule is CCCCc1ccc(NC(=S)NC)cc1. The molecule has 0 atom stereocenters. The van der Waals surface area contributed by atoms with Crippen LogP contribution in [0.2, 0.25) is 0 Å².